The van der Waals surface area contributed by atoms with E-state index in [0.717, 1.165) is 15.9 Å². The summed E-state index contributed by atoms with van der Waals surface area (Å²) in [7, 11) is 0. The van der Waals surface area contributed by atoms with Crippen LogP contribution in [0.5, 0.6) is 0 Å². The molecule has 0 amide bonds. The second kappa shape index (κ2) is 5.24. The van der Waals surface area contributed by atoms with E-state index in [1.54, 1.807) is 12.1 Å². The third-order valence-corrected chi connectivity index (χ3v) is 5.70. The summed E-state index contributed by atoms with van der Waals surface area (Å²) in [4.78, 5) is 4.58. The lowest BCUT2D eigenvalue weighted by molar-refractivity contribution is -0.619. The smallest absolute Gasteiger partial charge is 0.353 e. The molecule has 0 saturated carbocycles. The predicted octanol–water partition coefficient (Wildman–Crippen LogP) is 1.66. The van der Waals surface area contributed by atoms with Gasteiger partial charge in [0.05, 0.1) is 11.3 Å². The number of aliphatic imine (C=N–C) groups is 1. The summed E-state index contributed by atoms with van der Waals surface area (Å²) in [6, 6.07) is 3.40. The monoisotopic (exact) mass is 340 g/mol. The van der Waals surface area contributed by atoms with Crippen molar-refractivity contribution in [2.75, 3.05) is 5.73 Å². The van der Waals surface area contributed by atoms with Gasteiger partial charge in [-0.3, -0.25) is 10.7 Å². The van der Waals surface area contributed by atoms with Gasteiger partial charge in [0, 0.05) is 6.07 Å². The molecule has 2 unspecified atom stereocenters. The molecule has 1 aromatic carbocycles. The number of hydrogen-bond acceptors (Lipinski definition) is 5. The van der Waals surface area contributed by atoms with Crippen molar-refractivity contribution in [3.05, 3.63) is 63.7 Å². The first-order chi connectivity index (χ1) is 11.5. The number of nitrogens with zero attached hydrogens (tertiary/aromatic N) is 3. The molecule has 24 heavy (non-hydrogen) atoms. The number of aryl methyl sites for hydroxylation is 2. The number of allylic oxidation sites excluding steroid dienone is 2. The van der Waals surface area contributed by atoms with Gasteiger partial charge in [-0.2, -0.15) is 4.73 Å². The van der Waals surface area contributed by atoms with E-state index in [4.69, 9.17) is 5.73 Å². The predicted molar refractivity (Wildman–Crippen MR) is 95.7 cm³/mol. The number of rotatable bonds is 1. The Morgan fingerprint density at radius 2 is 1.67 bits per heavy atom. The molecule has 4 rings (SSSR count). The van der Waals surface area contributed by atoms with Gasteiger partial charge in [-0.15, -0.1) is 0 Å². The first-order valence-electron chi connectivity index (χ1n) is 7.62. The molecule has 2 atom stereocenters. The fourth-order valence-electron chi connectivity index (χ4n) is 2.97. The minimum absolute atomic E-state index is 0.0232. The van der Waals surface area contributed by atoms with Crippen molar-refractivity contribution in [2.45, 2.75) is 25.1 Å². The van der Waals surface area contributed by atoms with Gasteiger partial charge in [0.2, 0.25) is 5.52 Å². The van der Waals surface area contributed by atoms with E-state index in [1.165, 1.54) is 11.8 Å². The molecule has 0 radical (unpaired) electrons. The van der Waals surface area contributed by atoms with Crippen molar-refractivity contribution in [1.29, 1.82) is 0 Å². The largest absolute Gasteiger partial charge is 0.710 e. The lowest BCUT2D eigenvalue weighted by Crippen LogP contribution is -2.46. The number of aromatic nitrogens is 2. The molecule has 1 aromatic heterocycles. The Labute approximate surface area is 143 Å². The van der Waals surface area contributed by atoms with Crippen LogP contribution in [0.25, 0.3) is 11.0 Å². The third kappa shape index (κ3) is 2.08. The number of benzene rings is 1. The molecule has 2 aromatic rings. The van der Waals surface area contributed by atoms with Gasteiger partial charge in [-0.05, 0) is 31.0 Å². The van der Waals surface area contributed by atoms with Crippen LogP contribution in [0.2, 0.25) is 0 Å². The minimum Gasteiger partial charge on any atom is -0.710 e. The third-order valence-electron chi connectivity index (χ3n) is 4.47. The summed E-state index contributed by atoms with van der Waals surface area (Å²) in [5.74, 6) is -0.112. The zero-order chi connectivity index (χ0) is 17.0. The van der Waals surface area contributed by atoms with Gasteiger partial charge in [-0.25, -0.2) is 4.73 Å². The number of nitrogen functional groups attached to an aromatic ring is 1. The lowest BCUT2D eigenvalue weighted by atomic mass is 10.1. The Bertz CT molecular complexity index is 965. The quantitative estimate of drug-likeness (QED) is 0.631. The van der Waals surface area contributed by atoms with Crippen LogP contribution in [-0.2, 0) is 0 Å². The minimum atomic E-state index is -0.112. The van der Waals surface area contributed by atoms with Crippen molar-refractivity contribution >= 4 is 33.7 Å². The average molecular weight is 340 g/mol. The summed E-state index contributed by atoms with van der Waals surface area (Å²) >= 11 is 1.46. The maximum atomic E-state index is 12.9. The zero-order valence-corrected chi connectivity index (χ0v) is 14.1. The van der Waals surface area contributed by atoms with Gasteiger partial charge in [0.15, 0.2) is 5.04 Å². The highest BCUT2D eigenvalue weighted by Crippen LogP contribution is 2.34. The molecule has 0 bridgehead atoms. The number of nitrogens with two attached hydrogens (primary N) is 1. The summed E-state index contributed by atoms with van der Waals surface area (Å²) in [6.45, 7) is 3.81. The lowest BCUT2D eigenvalue weighted by Gasteiger charge is -2.14. The van der Waals surface area contributed by atoms with Gasteiger partial charge >= 0.3 is 11.5 Å². The topological polar surface area (TPSA) is 92.3 Å². The van der Waals surface area contributed by atoms with Crippen LogP contribution in [0.4, 0.5) is 5.82 Å². The Balaban J connectivity index is 1.95. The molecule has 2 heterocycles. The van der Waals surface area contributed by atoms with Crippen LogP contribution in [0.1, 0.15) is 16.8 Å². The second-order valence-corrected chi connectivity index (χ2v) is 7.19. The summed E-state index contributed by atoms with van der Waals surface area (Å²) in [5.41, 5.74) is 8.61. The van der Waals surface area contributed by atoms with Crippen LogP contribution in [0.15, 0.2) is 41.4 Å². The van der Waals surface area contributed by atoms with E-state index in [2.05, 4.69) is 4.99 Å². The van der Waals surface area contributed by atoms with E-state index in [-0.39, 0.29) is 28.3 Å². The van der Waals surface area contributed by atoms with Crippen LogP contribution < -0.4 is 15.2 Å². The second-order valence-electron chi connectivity index (χ2n) is 6.02. The molecule has 6 nitrogen and oxygen atoms in total. The fourth-order valence-corrected chi connectivity index (χ4v) is 4.17. The first kappa shape index (κ1) is 15.0. The average Bonchev–Trinajstić information content (AvgIpc) is 2.98. The standard InChI is InChI=1S/C17H16N4O2S/c1-9-7-12-13(8-10(9)2)21(23)16(18)15(20(12)22)17-19-11-5-3-4-6-14(11)24-17/h3-8,11,14H,18H2,1-2H3. The highest BCUT2D eigenvalue weighted by atomic mass is 32.2. The van der Waals surface area contributed by atoms with Gasteiger partial charge in [0.25, 0.3) is 5.52 Å². The van der Waals surface area contributed by atoms with E-state index in [9.17, 15) is 10.4 Å². The molecule has 1 aliphatic heterocycles. The highest BCUT2D eigenvalue weighted by Gasteiger charge is 2.37. The Morgan fingerprint density at radius 1 is 1.04 bits per heavy atom. The summed E-state index contributed by atoms with van der Waals surface area (Å²) < 4.78 is 1.37. The number of hydrogen-bond donors (Lipinski definition) is 1. The van der Waals surface area contributed by atoms with Crippen molar-refractivity contribution in [3.63, 3.8) is 0 Å². The highest BCUT2D eigenvalue weighted by molar-refractivity contribution is 8.15. The maximum Gasteiger partial charge on any atom is 0.353 e. The molecule has 2 N–H and O–H groups in total. The van der Waals surface area contributed by atoms with Crippen molar-refractivity contribution < 1.29 is 9.46 Å². The maximum absolute atomic E-state index is 12.9. The molecule has 0 saturated heterocycles. The van der Waals surface area contributed by atoms with Crippen molar-refractivity contribution in [1.82, 2.24) is 0 Å². The van der Waals surface area contributed by atoms with E-state index < -0.39 is 0 Å². The molecule has 7 heteroatoms. The molecule has 0 fully saturated rings. The molecule has 122 valence electrons. The van der Waals surface area contributed by atoms with E-state index >= 15 is 0 Å². The SMILES string of the molecule is Cc1cc2c(cc1C)[n+]([O-])c(C1=NC3C=CC=CC3S1)c(N)[n+]2[O-]. The van der Waals surface area contributed by atoms with Gasteiger partial charge < -0.3 is 10.4 Å². The van der Waals surface area contributed by atoms with Crippen LogP contribution in [0.3, 0.4) is 0 Å². The molecule has 2 aliphatic rings. The Morgan fingerprint density at radius 3 is 2.33 bits per heavy atom. The van der Waals surface area contributed by atoms with Crippen molar-refractivity contribution in [2.24, 2.45) is 4.99 Å². The van der Waals surface area contributed by atoms with Crippen LogP contribution in [-0.4, -0.2) is 16.3 Å². The molecular weight excluding hydrogens is 324 g/mol. The summed E-state index contributed by atoms with van der Waals surface area (Å²) in [6.07, 6.45) is 7.91. The molecular formula is C17H16N4O2S. The van der Waals surface area contributed by atoms with Gasteiger partial charge in [-0.1, -0.05) is 36.1 Å². The van der Waals surface area contributed by atoms with Gasteiger partial charge in [0.1, 0.15) is 0 Å². The summed E-state index contributed by atoms with van der Waals surface area (Å²) in [5, 5.41) is 26.1. The molecule has 1 aliphatic carbocycles. The van der Waals surface area contributed by atoms with E-state index in [0.29, 0.717) is 15.3 Å². The number of fused-ring (bicyclic) bond motifs is 2. The normalized spacial score (nSPS) is 22.0. The van der Waals surface area contributed by atoms with Crippen LogP contribution >= 0.6 is 11.8 Å². The number of thioether (sulfide) groups is 1. The van der Waals surface area contributed by atoms with E-state index in [1.807, 2.05) is 38.2 Å². The molecule has 0 spiro atoms. The zero-order valence-electron chi connectivity index (χ0n) is 13.3. The Hall–Kier alpha value is -2.54. The first-order valence-corrected chi connectivity index (χ1v) is 8.50. The number of anilines is 1. The van der Waals surface area contributed by atoms with Crippen LogP contribution in [0, 0.1) is 24.3 Å². The van der Waals surface area contributed by atoms with Crippen molar-refractivity contribution in [3.8, 4) is 0 Å². The fraction of sp³-hybridized carbons (Fsp3) is 0.235. The Kier molecular flexibility index (Phi) is 3.28.